The Kier molecular flexibility index (Phi) is 3.78. The van der Waals surface area contributed by atoms with Gasteiger partial charge in [0.15, 0.2) is 0 Å². The van der Waals surface area contributed by atoms with Crippen molar-refractivity contribution in [1.82, 2.24) is 0 Å². The third-order valence-corrected chi connectivity index (χ3v) is 8.85. The Hall–Kier alpha value is 0.177. The molecule has 0 aromatic rings. The predicted molar refractivity (Wildman–Crippen MR) is 56.4 cm³/mol. The second-order valence-corrected chi connectivity index (χ2v) is 9.51. The number of rotatable bonds is 5. The third kappa shape index (κ3) is 2.11. The first kappa shape index (κ1) is 10.3. The van der Waals surface area contributed by atoms with Crippen molar-refractivity contribution in [3.63, 3.8) is 0 Å². The summed E-state index contributed by atoms with van der Waals surface area (Å²) in [7, 11) is -0.891. The minimum absolute atomic E-state index is 0.891. The van der Waals surface area contributed by atoms with Gasteiger partial charge in [0, 0.05) is 18.8 Å². The molecule has 1 saturated heterocycles. The molecule has 0 aromatic heterocycles. The summed E-state index contributed by atoms with van der Waals surface area (Å²) in [6, 6.07) is 3.02. The molecule has 1 nitrogen and oxygen atoms in total. The standard InChI is InChI=1S/C10H22OSi/c1-4-6-12(3,7-5-2)10-8-11-9-10/h10H,4-9H2,1-3H3. The maximum absolute atomic E-state index is 5.31. The minimum atomic E-state index is -0.891. The van der Waals surface area contributed by atoms with Gasteiger partial charge in [0.25, 0.3) is 0 Å². The van der Waals surface area contributed by atoms with Gasteiger partial charge >= 0.3 is 0 Å². The van der Waals surface area contributed by atoms with Crippen LogP contribution in [-0.4, -0.2) is 21.3 Å². The summed E-state index contributed by atoms with van der Waals surface area (Å²) in [6.07, 6.45) is 2.75. The number of hydrogen-bond donors (Lipinski definition) is 0. The molecule has 2 heteroatoms. The van der Waals surface area contributed by atoms with Gasteiger partial charge in [-0.15, -0.1) is 0 Å². The molecule has 0 aromatic carbocycles. The van der Waals surface area contributed by atoms with Crippen molar-refractivity contribution in [2.24, 2.45) is 0 Å². The predicted octanol–water partition coefficient (Wildman–Crippen LogP) is 3.29. The van der Waals surface area contributed by atoms with Gasteiger partial charge in [-0.3, -0.25) is 0 Å². The summed E-state index contributed by atoms with van der Waals surface area (Å²) in [4.78, 5) is 0. The summed E-state index contributed by atoms with van der Waals surface area (Å²) >= 11 is 0. The van der Waals surface area contributed by atoms with Crippen LogP contribution < -0.4 is 0 Å². The lowest BCUT2D eigenvalue weighted by atomic mass is 10.4. The van der Waals surface area contributed by atoms with Gasteiger partial charge in [-0.1, -0.05) is 45.3 Å². The lowest BCUT2D eigenvalue weighted by Crippen LogP contribution is -2.45. The van der Waals surface area contributed by atoms with E-state index in [2.05, 4.69) is 20.4 Å². The van der Waals surface area contributed by atoms with Crippen molar-refractivity contribution in [3.8, 4) is 0 Å². The molecule has 1 rings (SSSR count). The van der Waals surface area contributed by atoms with E-state index in [1.807, 2.05) is 0 Å². The number of ether oxygens (including phenoxy) is 1. The zero-order valence-electron chi connectivity index (χ0n) is 8.73. The highest BCUT2D eigenvalue weighted by molar-refractivity contribution is 6.80. The fourth-order valence-electron chi connectivity index (χ4n) is 2.31. The van der Waals surface area contributed by atoms with Crippen molar-refractivity contribution in [2.45, 2.75) is 50.9 Å². The monoisotopic (exact) mass is 186 g/mol. The first-order valence-electron chi connectivity index (χ1n) is 5.30. The van der Waals surface area contributed by atoms with Gasteiger partial charge in [-0.25, -0.2) is 0 Å². The molecule has 72 valence electrons. The second kappa shape index (κ2) is 4.42. The molecule has 0 spiro atoms. The van der Waals surface area contributed by atoms with Crippen LogP contribution in [0.5, 0.6) is 0 Å². The van der Waals surface area contributed by atoms with Crippen molar-refractivity contribution in [1.29, 1.82) is 0 Å². The average Bonchev–Trinajstić information content (AvgIpc) is 1.82. The van der Waals surface area contributed by atoms with E-state index in [-0.39, 0.29) is 0 Å². The molecule has 0 radical (unpaired) electrons. The van der Waals surface area contributed by atoms with Crippen molar-refractivity contribution < 1.29 is 4.74 Å². The summed E-state index contributed by atoms with van der Waals surface area (Å²) in [5.74, 6) is 0. The zero-order chi connectivity index (χ0) is 9.03. The summed E-state index contributed by atoms with van der Waals surface area (Å²) in [5, 5.41) is 0. The van der Waals surface area contributed by atoms with Crippen LogP contribution in [0.15, 0.2) is 0 Å². The first-order chi connectivity index (χ1) is 5.73. The van der Waals surface area contributed by atoms with E-state index in [4.69, 9.17) is 4.74 Å². The van der Waals surface area contributed by atoms with Crippen LogP contribution in [0, 0.1) is 0 Å². The van der Waals surface area contributed by atoms with E-state index < -0.39 is 8.07 Å². The molecule has 0 atom stereocenters. The summed E-state index contributed by atoms with van der Waals surface area (Å²) in [5.41, 5.74) is 0.984. The van der Waals surface area contributed by atoms with Gasteiger partial charge in [0.2, 0.25) is 0 Å². The molecule has 1 aliphatic heterocycles. The van der Waals surface area contributed by atoms with Crippen molar-refractivity contribution >= 4 is 8.07 Å². The van der Waals surface area contributed by atoms with Gasteiger partial charge < -0.3 is 4.74 Å². The molecule has 0 unspecified atom stereocenters. The fourth-order valence-corrected chi connectivity index (χ4v) is 6.70. The van der Waals surface area contributed by atoms with Crippen LogP contribution in [0.3, 0.4) is 0 Å². The largest absolute Gasteiger partial charge is 0.381 e. The van der Waals surface area contributed by atoms with Gasteiger partial charge in [0.05, 0.1) is 8.07 Å². The lowest BCUT2D eigenvalue weighted by Gasteiger charge is -2.41. The molecular formula is C10H22OSi. The van der Waals surface area contributed by atoms with Crippen molar-refractivity contribution in [3.05, 3.63) is 0 Å². The highest BCUT2D eigenvalue weighted by Gasteiger charge is 2.38. The molecule has 0 saturated carbocycles. The molecule has 0 aliphatic carbocycles. The van der Waals surface area contributed by atoms with E-state index >= 15 is 0 Å². The lowest BCUT2D eigenvalue weighted by molar-refractivity contribution is 0.0330. The maximum Gasteiger partial charge on any atom is 0.0590 e. The van der Waals surface area contributed by atoms with E-state index in [0.717, 1.165) is 18.8 Å². The Morgan fingerprint density at radius 2 is 1.67 bits per heavy atom. The van der Waals surface area contributed by atoms with Crippen LogP contribution in [0.25, 0.3) is 0 Å². The first-order valence-corrected chi connectivity index (χ1v) is 8.30. The molecule has 0 bridgehead atoms. The van der Waals surface area contributed by atoms with Crippen LogP contribution in [0.1, 0.15) is 26.7 Å². The highest BCUT2D eigenvalue weighted by atomic mass is 28.3. The van der Waals surface area contributed by atoms with Gasteiger partial charge in [-0.05, 0) is 0 Å². The SMILES string of the molecule is CCC[Si](C)(CCC)C1COC1. The van der Waals surface area contributed by atoms with E-state index in [1.54, 1.807) is 0 Å². The van der Waals surface area contributed by atoms with E-state index in [1.165, 1.54) is 24.9 Å². The number of hydrogen-bond acceptors (Lipinski definition) is 1. The molecule has 12 heavy (non-hydrogen) atoms. The Bertz CT molecular complexity index is 126. The zero-order valence-corrected chi connectivity index (χ0v) is 9.73. The summed E-state index contributed by atoms with van der Waals surface area (Å²) < 4.78 is 5.31. The fraction of sp³-hybridized carbons (Fsp3) is 1.00. The van der Waals surface area contributed by atoms with Crippen molar-refractivity contribution in [2.75, 3.05) is 13.2 Å². The molecular weight excluding hydrogens is 164 g/mol. The Morgan fingerprint density at radius 1 is 1.17 bits per heavy atom. The Morgan fingerprint density at radius 3 is 1.92 bits per heavy atom. The Labute approximate surface area is 77.5 Å². The smallest absolute Gasteiger partial charge is 0.0590 e. The summed E-state index contributed by atoms with van der Waals surface area (Å²) in [6.45, 7) is 9.36. The normalized spacial score (nSPS) is 19.2. The van der Waals surface area contributed by atoms with Gasteiger partial charge in [0.1, 0.15) is 0 Å². The third-order valence-electron chi connectivity index (χ3n) is 3.27. The van der Waals surface area contributed by atoms with Crippen LogP contribution >= 0.6 is 0 Å². The van der Waals surface area contributed by atoms with Gasteiger partial charge in [-0.2, -0.15) is 0 Å². The molecule has 0 N–H and O–H groups in total. The van der Waals surface area contributed by atoms with Crippen LogP contribution in [0.4, 0.5) is 0 Å². The van der Waals surface area contributed by atoms with Crippen LogP contribution in [-0.2, 0) is 4.74 Å². The molecule has 1 fully saturated rings. The minimum Gasteiger partial charge on any atom is -0.381 e. The second-order valence-electron chi connectivity index (χ2n) is 4.39. The molecule has 0 amide bonds. The average molecular weight is 186 g/mol. The van der Waals surface area contributed by atoms with Crippen LogP contribution in [0.2, 0.25) is 24.2 Å². The van der Waals surface area contributed by atoms with E-state index in [9.17, 15) is 0 Å². The maximum atomic E-state index is 5.31. The van der Waals surface area contributed by atoms with E-state index in [0.29, 0.717) is 0 Å². The molecule has 1 aliphatic rings. The highest BCUT2D eigenvalue weighted by Crippen LogP contribution is 2.37. The quantitative estimate of drug-likeness (QED) is 0.599. The molecule has 1 heterocycles. The topological polar surface area (TPSA) is 9.23 Å². The Balaban J connectivity index is 2.44.